The van der Waals surface area contributed by atoms with Gasteiger partial charge in [0, 0.05) is 13.1 Å². The van der Waals surface area contributed by atoms with E-state index in [-0.39, 0.29) is 53.4 Å². The molecule has 0 aliphatic carbocycles. The summed E-state index contributed by atoms with van der Waals surface area (Å²) in [5, 5.41) is 6.88. The number of carbonyl (C=O) groups excluding carboxylic acids is 1. The molecule has 1 amide bonds. The zero-order chi connectivity index (χ0) is 30.5. The van der Waals surface area contributed by atoms with E-state index < -0.39 is 27.8 Å². The van der Waals surface area contributed by atoms with Crippen LogP contribution in [0.15, 0.2) is 74.9 Å². The van der Waals surface area contributed by atoms with E-state index in [0.717, 1.165) is 5.56 Å². The Labute approximate surface area is 245 Å². The Balaban J connectivity index is 1.77. The van der Waals surface area contributed by atoms with Crippen LogP contribution in [0.5, 0.6) is 0 Å². The van der Waals surface area contributed by atoms with E-state index in [1.165, 1.54) is 21.0 Å². The lowest BCUT2D eigenvalue weighted by molar-refractivity contribution is 0.0526. The van der Waals surface area contributed by atoms with E-state index in [9.17, 15) is 18.0 Å². The highest BCUT2D eigenvalue weighted by Crippen LogP contribution is 2.30. The van der Waals surface area contributed by atoms with E-state index in [1.54, 1.807) is 45.9 Å². The molecule has 2 aromatic carbocycles. The number of hydrogen-bond acceptors (Lipinski definition) is 8. The molecule has 0 radical (unpaired) electrons. The third kappa shape index (κ3) is 7.05. The summed E-state index contributed by atoms with van der Waals surface area (Å²) in [7, 11) is -4.05. The highest BCUT2D eigenvalue weighted by atomic mass is 32.2. The van der Waals surface area contributed by atoms with Gasteiger partial charge < -0.3 is 14.6 Å². The molecule has 4 aromatic rings. The van der Waals surface area contributed by atoms with Crippen LogP contribution in [-0.2, 0) is 21.3 Å². The minimum absolute atomic E-state index is 0.0419. The van der Waals surface area contributed by atoms with Crippen molar-refractivity contribution in [3.8, 4) is 0 Å². The van der Waals surface area contributed by atoms with Crippen LogP contribution in [0.25, 0.3) is 11.1 Å². The van der Waals surface area contributed by atoms with Gasteiger partial charge in [-0.2, -0.15) is 9.29 Å². The molecule has 1 N–H and O–H groups in total. The van der Waals surface area contributed by atoms with Crippen LogP contribution in [0.2, 0.25) is 0 Å². The van der Waals surface area contributed by atoms with Crippen molar-refractivity contribution in [3.63, 3.8) is 0 Å². The Bertz CT molecular complexity index is 1680. The van der Waals surface area contributed by atoms with Gasteiger partial charge in [-0.15, -0.1) is 0 Å². The third-order valence-corrected chi connectivity index (χ3v) is 8.51. The first-order chi connectivity index (χ1) is 19.9. The number of aromatic nitrogens is 3. The fraction of sp³-hybridized carbons (Fsp3) is 0.400. The van der Waals surface area contributed by atoms with Gasteiger partial charge in [-0.3, -0.25) is 9.36 Å². The van der Waals surface area contributed by atoms with Gasteiger partial charge in [-0.05, 0) is 58.2 Å². The summed E-state index contributed by atoms with van der Waals surface area (Å²) >= 11 is 0. The maximum Gasteiger partial charge on any atom is 0.407 e. The molecule has 2 aromatic heterocycles. The molecule has 0 bridgehead atoms. The molecule has 0 aliphatic rings. The molecule has 42 heavy (non-hydrogen) atoms. The van der Waals surface area contributed by atoms with Gasteiger partial charge in [0.1, 0.15) is 16.8 Å². The summed E-state index contributed by atoms with van der Waals surface area (Å²) in [5.41, 5.74) is 0.292. The Morgan fingerprint density at radius 1 is 1.10 bits per heavy atom. The highest BCUT2D eigenvalue weighted by Gasteiger charge is 2.35. The minimum Gasteiger partial charge on any atom is -0.444 e. The van der Waals surface area contributed by atoms with Crippen molar-refractivity contribution in [3.05, 3.63) is 88.1 Å². The average molecular weight is 596 g/mol. The first-order valence-corrected chi connectivity index (χ1v) is 15.3. The maximum absolute atomic E-state index is 14.1. The number of alkyl carbamates (subject to hydrolysis) is 1. The number of sulfonamides is 1. The zero-order valence-electron chi connectivity index (χ0n) is 24.5. The maximum atomic E-state index is 14.1. The Morgan fingerprint density at radius 2 is 1.74 bits per heavy atom. The highest BCUT2D eigenvalue weighted by molar-refractivity contribution is 7.89. The van der Waals surface area contributed by atoms with Gasteiger partial charge in [0.2, 0.25) is 10.0 Å². The van der Waals surface area contributed by atoms with Gasteiger partial charge in [-0.1, -0.05) is 60.6 Å². The number of amides is 1. The van der Waals surface area contributed by atoms with Crippen LogP contribution in [0.4, 0.5) is 4.79 Å². The van der Waals surface area contributed by atoms with E-state index in [4.69, 9.17) is 9.26 Å². The number of carbonyl (C=O) groups is 1. The van der Waals surface area contributed by atoms with Gasteiger partial charge in [0.15, 0.2) is 0 Å². The van der Waals surface area contributed by atoms with Crippen molar-refractivity contribution in [2.24, 2.45) is 0 Å². The monoisotopic (exact) mass is 595 g/mol. The number of rotatable bonds is 11. The summed E-state index contributed by atoms with van der Waals surface area (Å²) in [6.45, 7) is 9.20. The lowest BCUT2D eigenvalue weighted by Crippen LogP contribution is -2.40. The molecule has 224 valence electrons. The third-order valence-electron chi connectivity index (χ3n) is 6.59. The number of hydrogen-bond donors (Lipinski definition) is 1. The number of ether oxygens (including phenoxy) is 1. The predicted octanol–water partition coefficient (Wildman–Crippen LogP) is 4.80. The molecule has 0 saturated carbocycles. The molecule has 11 nitrogen and oxygen atoms in total. The largest absolute Gasteiger partial charge is 0.444 e. The summed E-state index contributed by atoms with van der Waals surface area (Å²) in [4.78, 5) is 30.8. The standard InChI is InChI=1S/C30H37N5O6S/c1-6-24(26-32-27-25(21(2)33-41-27)28(36)34(26)20-22-14-9-7-10-15-22)35(42(38,39)23-16-11-8-12-17-23)19-13-18-31-29(37)40-30(3,4)5/h7-12,14-17,24H,6,13,18-20H2,1-5H3,(H,31,37). The average Bonchev–Trinajstić information content (AvgIpc) is 3.32. The molecule has 0 saturated heterocycles. The molecule has 0 aliphatic heterocycles. The van der Waals surface area contributed by atoms with Crippen molar-refractivity contribution in [1.82, 2.24) is 24.3 Å². The molecule has 0 fully saturated rings. The van der Waals surface area contributed by atoms with Gasteiger partial charge in [0.25, 0.3) is 11.3 Å². The van der Waals surface area contributed by atoms with E-state index in [0.29, 0.717) is 12.1 Å². The predicted molar refractivity (Wildman–Crippen MR) is 159 cm³/mol. The molecule has 1 atom stereocenters. The van der Waals surface area contributed by atoms with Gasteiger partial charge in [0.05, 0.1) is 23.2 Å². The Morgan fingerprint density at radius 3 is 2.36 bits per heavy atom. The number of nitrogens with zero attached hydrogens (tertiary/aromatic N) is 4. The van der Waals surface area contributed by atoms with Crippen LogP contribution in [0.3, 0.4) is 0 Å². The second-order valence-corrected chi connectivity index (χ2v) is 12.8. The second-order valence-electron chi connectivity index (χ2n) is 10.9. The lowest BCUT2D eigenvalue weighted by Gasteiger charge is -2.31. The zero-order valence-corrected chi connectivity index (χ0v) is 25.3. The van der Waals surface area contributed by atoms with E-state index >= 15 is 0 Å². The summed E-state index contributed by atoms with van der Waals surface area (Å²) in [6, 6.07) is 16.7. The number of benzene rings is 2. The normalized spacial score (nSPS) is 12.9. The Kier molecular flexibility index (Phi) is 9.47. The van der Waals surface area contributed by atoms with Crippen molar-refractivity contribution >= 4 is 27.2 Å². The summed E-state index contributed by atoms with van der Waals surface area (Å²) in [5.74, 6) is 0.245. The van der Waals surface area contributed by atoms with Crippen molar-refractivity contribution in [1.29, 1.82) is 0 Å². The summed E-state index contributed by atoms with van der Waals surface area (Å²) in [6.07, 6.45) is 0.0105. The van der Waals surface area contributed by atoms with Crippen LogP contribution in [0, 0.1) is 6.92 Å². The molecule has 4 rings (SSSR count). The van der Waals surface area contributed by atoms with E-state index in [1.807, 2.05) is 37.3 Å². The molecular formula is C30H37N5O6S. The number of nitrogens with one attached hydrogen (secondary N) is 1. The van der Waals surface area contributed by atoms with Crippen molar-refractivity contribution in [2.45, 2.75) is 70.5 Å². The first-order valence-electron chi connectivity index (χ1n) is 13.9. The Hall–Kier alpha value is -4.03. The van der Waals surface area contributed by atoms with Gasteiger partial charge >= 0.3 is 6.09 Å². The van der Waals surface area contributed by atoms with Crippen LogP contribution in [0.1, 0.15) is 63.7 Å². The van der Waals surface area contributed by atoms with Crippen molar-refractivity contribution < 1.29 is 22.5 Å². The molecule has 2 heterocycles. The smallest absolute Gasteiger partial charge is 0.407 e. The lowest BCUT2D eigenvalue weighted by atomic mass is 10.1. The second kappa shape index (κ2) is 12.9. The topological polar surface area (TPSA) is 137 Å². The quantitative estimate of drug-likeness (QED) is 0.244. The minimum atomic E-state index is -4.05. The number of fused-ring (bicyclic) bond motifs is 1. The SMILES string of the molecule is CCC(c1nc2onc(C)c2c(=O)n1Cc1ccccc1)N(CCCNC(=O)OC(C)(C)C)S(=O)(=O)c1ccccc1. The molecule has 1 unspecified atom stereocenters. The van der Waals surface area contributed by atoms with Crippen molar-refractivity contribution in [2.75, 3.05) is 13.1 Å². The van der Waals surface area contributed by atoms with Gasteiger partial charge in [-0.25, -0.2) is 13.2 Å². The van der Waals surface area contributed by atoms with Crippen LogP contribution < -0.4 is 10.9 Å². The first kappa shape index (κ1) is 30.9. The fourth-order valence-electron chi connectivity index (χ4n) is 4.68. The summed E-state index contributed by atoms with van der Waals surface area (Å²) < 4.78 is 41.7. The molecule has 12 heteroatoms. The number of aryl methyl sites for hydroxylation is 1. The molecular weight excluding hydrogens is 558 g/mol. The van der Waals surface area contributed by atoms with E-state index in [2.05, 4.69) is 15.5 Å². The molecule has 0 spiro atoms. The fourth-order valence-corrected chi connectivity index (χ4v) is 6.40. The van der Waals surface area contributed by atoms with Crippen LogP contribution >= 0.6 is 0 Å². The van der Waals surface area contributed by atoms with Crippen LogP contribution in [-0.4, -0.2) is 52.2 Å².